The number of methoxy groups -OCH3 is 1. The molecule has 0 heterocycles. The number of benzene rings is 1. The Kier molecular flexibility index (Phi) is 6.70. The first-order chi connectivity index (χ1) is 9.11. The zero-order valence-electron chi connectivity index (χ0n) is 10.5. The van der Waals surface area contributed by atoms with E-state index in [0.29, 0.717) is 23.9 Å². The molecule has 6 nitrogen and oxygen atoms in total. The highest BCUT2D eigenvalue weighted by atomic mass is 35.5. The fraction of sp³-hybridized carbons (Fsp3) is 0.333. The summed E-state index contributed by atoms with van der Waals surface area (Å²) in [5.74, 6) is -0.435. The van der Waals surface area contributed by atoms with E-state index in [-0.39, 0.29) is 6.54 Å². The van der Waals surface area contributed by atoms with Crippen molar-refractivity contribution in [2.75, 3.05) is 32.1 Å². The first-order valence-electron chi connectivity index (χ1n) is 5.68. The Morgan fingerprint density at radius 2 is 2.16 bits per heavy atom. The Balaban J connectivity index is 2.26. The van der Waals surface area contributed by atoms with E-state index >= 15 is 0 Å². The van der Waals surface area contributed by atoms with Gasteiger partial charge in [0.15, 0.2) is 0 Å². The highest BCUT2D eigenvalue weighted by molar-refractivity contribution is 6.30. The van der Waals surface area contributed by atoms with Crippen molar-refractivity contribution in [3.8, 4) is 0 Å². The Hall–Kier alpha value is -1.79. The maximum Gasteiger partial charge on any atom is 0.321 e. The van der Waals surface area contributed by atoms with Gasteiger partial charge >= 0.3 is 6.03 Å². The van der Waals surface area contributed by atoms with Crippen molar-refractivity contribution >= 4 is 29.2 Å². The van der Waals surface area contributed by atoms with Gasteiger partial charge in [-0.2, -0.15) is 0 Å². The lowest BCUT2D eigenvalue weighted by atomic mass is 10.3. The summed E-state index contributed by atoms with van der Waals surface area (Å²) in [7, 11) is 1.53. The summed E-state index contributed by atoms with van der Waals surface area (Å²) in [6, 6.07) is 6.41. The molecule has 1 aromatic rings. The van der Waals surface area contributed by atoms with Crippen molar-refractivity contribution in [1.82, 2.24) is 10.6 Å². The number of amides is 3. The first-order valence-corrected chi connectivity index (χ1v) is 6.05. The second-order valence-corrected chi connectivity index (χ2v) is 4.10. The molecule has 0 bridgehead atoms. The van der Waals surface area contributed by atoms with Crippen molar-refractivity contribution in [3.05, 3.63) is 29.3 Å². The van der Waals surface area contributed by atoms with E-state index in [1.807, 2.05) is 0 Å². The van der Waals surface area contributed by atoms with Gasteiger partial charge in [-0.3, -0.25) is 10.1 Å². The number of hydrogen-bond donors (Lipinski definition) is 3. The number of nitrogens with one attached hydrogen (secondary N) is 3. The minimum absolute atomic E-state index is 0.0158. The highest BCUT2D eigenvalue weighted by Crippen LogP contribution is 2.14. The zero-order valence-corrected chi connectivity index (χ0v) is 11.3. The van der Waals surface area contributed by atoms with Gasteiger partial charge in [-0.25, -0.2) is 4.79 Å². The van der Waals surface area contributed by atoms with Crippen LogP contribution >= 0.6 is 11.6 Å². The van der Waals surface area contributed by atoms with Crippen LogP contribution in [0.25, 0.3) is 0 Å². The highest BCUT2D eigenvalue weighted by Gasteiger charge is 2.06. The minimum atomic E-state index is -0.546. The molecule has 19 heavy (non-hydrogen) atoms. The fourth-order valence-corrected chi connectivity index (χ4v) is 1.45. The second-order valence-electron chi connectivity index (χ2n) is 3.66. The van der Waals surface area contributed by atoms with Gasteiger partial charge in [-0.15, -0.1) is 0 Å². The van der Waals surface area contributed by atoms with Gasteiger partial charge < -0.3 is 15.4 Å². The molecular weight excluding hydrogens is 270 g/mol. The molecule has 1 rings (SSSR count). The Bertz CT molecular complexity index is 440. The lowest BCUT2D eigenvalue weighted by Gasteiger charge is -2.08. The van der Waals surface area contributed by atoms with Crippen LogP contribution in [0.15, 0.2) is 24.3 Å². The standard InChI is InChI=1S/C12H16ClN3O3/c1-19-6-5-14-12(18)16-11(17)8-15-10-4-2-3-9(13)7-10/h2-4,7,15H,5-6,8H2,1H3,(H2,14,16,17,18). The van der Waals surface area contributed by atoms with Crippen molar-refractivity contribution in [2.45, 2.75) is 0 Å². The number of imide groups is 1. The second kappa shape index (κ2) is 8.34. The summed E-state index contributed by atoms with van der Waals surface area (Å²) >= 11 is 5.80. The number of rotatable bonds is 6. The minimum Gasteiger partial charge on any atom is -0.383 e. The molecule has 0 spiro atoms. The zero-order chi connectivity index (χ0) is 14.1. The summed E-state index contributed by atoms with van der Waals surface area (Å²) in [5, 5.41) is 8.09. The third kappa shape index (κ3) is 6.64. The molecule has 0 aliphatic heterocycles. The van der Waals surface area contributed by atoms with Gasteiger partial charge in [0.2, 0.25) is 5.91 Å². The van der Waals surface area contributed by atoms with E-state index < -0.39 is 11.9 Å². The molecule has 0 aromatic heterocycles. The van der Waals surface area contributed by atoms with Crippen molar-refractivity contribution < 1.29 is 14.3 Å². The average molecular weight is 286 g/mol. The Morgan fingerprint density at radius 1 is 1.37 bits per heavy atom. The number of carbonyl (C=O) groups is 2. The molecule has 0 atom stereocenters. The predicted octanol–water partition coefficient (Wildman–Crippen LogP) is 1.22. The van der Waals surface area contributed by atoms with Crippen LogP contribution in [0, 0.1) is 0 Å². The third-order valence-electron chi connectivity index (χ3n) is 2.12. The topological polar surface area (TPSA) is 79.5 Å². The summed E-state index contributed by atoms with van der Waals surface area (Å²) < 4.78 is 4.76. The average Bonchev–Trinajstić information content (AvgIpc) is 2.37. The number of hydrogen-bond acceptors (Lipinski definition) is 4. The Morgan fingerprint density at radius 3 is 2.84 bits per heavy atom. The Labute approximate surface area is 116 Å². The lowest BCUT2D eigenvalue weighted by molar-refractivity contribution is -0.118. The van der Waals surface area contributed by atoms with Crippen LogP contribution in [-0.4, -0.2) is 38.7 Å². The molecule has 0 aliphatic carbocycles. The molecule has 3 amide bonds. The molecule has 104 valence electrons. The molecule has 0 unspecified atom stereocenters. The van der Waals surface area contributed by atoms with Gasteiger partial charge in [-0.05, 0) is 18.2 Å². The molecular formula is C12H16ClN3O3. The molecule has 3 N–H and O–H groups in total. The van der Waals surface area contributed by atoms with Crippen LogP contribution in [0.2, 0.25) is 5.02 Å². The van der Waals surface area contributed by atoms with Crippen molar-refractivity contribution in [1.29, 1.82) is 0 Å². The van der Waals surface area contributed by atoms with Gasteiger partial charge in [0.05, 0.1) is 13.2 Å². The molecule has 0 saturated heterocycles. The normalized spacial score (nSPS) is 9.79. The predicted molar refractivity (Wildman–Crippen MR) is 73.4 cm³/mol. The summed E-state index contributed by atoms with van der Waals surface area (Å²) in [6.45, 7) is 0.720. The quantitative estimate of drug-likeness (QED) is 0.687. The summed E-state index contributed by atoms with van der Waals surface area (Å²) in [6.07, 6.45) is 0. The maximum atomic E-state index is 11.4. The van der Waals surface area contributed by atoms with Gasteiger partial charge in [0.25, 0.3) is 0 Å². The number of halogens is 1. The molecule has 0 saturated carbocycles. The van der Waals surface area contributed by atoms with Crippen molar-refractivity contribution in [3.63, 3.8) is 0 Å². The largest absolute Gasteiger partial charge is 0.383 e. The summed E-state index contributed by atoms with van der Waals surface area (Å²) in [5.41, 5.74) is 0.711. The van der Waals surface area contributed by atoms with Crippen LogP contribution in [0.1, 0.15) is 0 Å². The number of urea groups is 1. The number of ether oxygens (including phenoxy) is 1. The van der Waals surface area contributed by atoms with Crippen LogP contribution in [0.4, 0.5) is 10.5 Å². The smallest absolute Gasteiger partial charge is 0.321 e. The van der Waals surface area contributed by atoms with Crippen molar-refractivity contribution in [2.24, 2.45) is 0 Å². The van der Waals surface area contributed by atoms with E-state index in [2.05, 4.69) is 16.0 Å². The van der Waals surface area contributed by atoms with E-state index in [9.17, 15) is 9.59 Å². The lowest BCUT2D eigenvalue weighted by Crippen LogP contribution is -2.42. The van der Waals surface area contributed by atoms with E-state index in [0.717, 1.165) is 0 Å². The third-order valence-corrected chi connectivity index (χ3v) is 2.36. The van der Waals surface area contributed by atoms with Crippen LogP contribution in [0.5, 0.6) is 0 Å². The maximum absolute atomic E-state index is 11.4. The van der Waals surface area contributed by atoms with E-state index in [4.69, 9.17) is 16.3 Å². The van der Waals surface area contributed by atoms with Gasteiger partial charge in [-0.1, -0.05) is 17.7 Å². The molecule has 0 radical (unpaired) electrons. The molecule has 0 fully saturated rings. The van der Waals surface area contributed by atoms with E-state index in [1.54, 1.807) is 24.3 Å². The molecule has 0 aliphatic rings. The monoisotopic (exact) mass is 285 g/mol. The molecule has 1 aromatic carbocycles. The van der Waals surface area contributed by atoms with Crippen LogP contribution in [0.3, 0.4) is 0 Å². The van der Waals surface area contributed by atoms with Gasteiger partial charge in [0.1, 0.15) is 0 Å². The van der Waals surface area contributed by atoms with Gasteiger partial charge in [0, 0.05) is 24.4 Å². The van der Waals surface area contributed by atoms with Crippen LogP contribution in [-0.2, 0) is 9.53 Å². The van der Waals surface area contributed by atoms with E-state index in [1.165, 1.54) is 7.11 Å². The first kappa shape index (κ1) is 15.3. The van der Waals surface area contributed by atoms with Crippen LogP contribution < -0.4 is 16.0 Å². The summed E-state index contributed by atoms with van der Waals surface area (Å²) in [4.78, 5) is 22.7. The number of anilines is 1. The number of carbonyl (C=O) groups excluding carboxylic acids is 2. The molecule has 7 heteroatoms. The SMILES string of the molecule is COCCNC(=O)NC(=O)CNc1cccc(Cl)c1. The fourth-order valence-electron chi connectivity index (χ4n) is 1.26.